The summed E-state index contributed by atoms with van der Waals surface area (Å²) in [5, 5.41) is 4.44. The second-order valence-electron chi connectivity index (χ2n) is 23.5. The van der Waals surface area contributed by atoms with Gasteiger partial charge in [0.1, 0.15) is 11.2 Å². The van der Waals surface area contributed by atoms with Crippen molar-refractivity contribution in [2.75, 3.05) is 9.80 Å². The summed E-state index contributed by atoms with van der Waals surface area (Å²) in [7, 11) is 0. The Bertz CT molecular complexity index is 3320. The van der Waals surface area contributed by atoms with Crippen molar-refractivity contribution >= 4 is 108 Å². The molecule has 0 radical (unpaired) electrons. The van der Waals surface area contributed by atoms with E-state index in [4.69, 9.17) is 4.42 Å². The minimum atomic E-state index is -0.214. The maximum absolute atomic E-state index is 16.3. The van der Waals surface area contributed by atoms with Crippen LogP contribution in [0, 0.1) is 13.8 Å². The molecule has 0 fully saturated rings. The van der Waals surface area contributed by atoms with Crippen molar-refractivity contribution in [3.8, 4) is 0 Å². The molecule has 0 saturated carbocycles. The van der Waals surface area contributed by atoms with Crippen LogP contribution in [0.4, 0.5) is 27.5 Å². The van der Waals surface area contributed by atoms with Crippen LogP contribution in [0.15, 0.2) is 114 Å². The van der Waals surface area contributed by atoms with Gasteiger partial charge in [0.25, 0.3) is 6.71 Å². The van der Waals surface area contributed by atoms with Gasteiger partial charge in [0.15, 0.2) is 0 Å². The Labute approximate surface area is 386 Å². The number of nitrogens with zero attached hydrogens (tertiary/aromatic N) is 2. The van der Waals surface area contributed by atoms with Crippen molar-refractivity contribution in [1.82, 2.24) is 0 Å². The fourth-order valence-electron chi connectivity index (χ4n) is 11.3. The fourth-order valence-corrected chi connectivity index (χ4v) is 11.3. The number of urea groups is 1. The van der Waals surface area contributed by atoms with Gasteiger partial charge in [-0.15, -0.1) is 0 Å². The number of amides is 2. The number of anilines is 4. The lowest BCUT2D eigenvalue weighted by atomic mass is 9.33. The number of aryl methyl sites for hydroxylation is 2. The summed E-state index contributed by atoms with van der Waals surface area (Å²) < 4.78 is 7.02. The topological polar surface area (TPSA) is 36.7 Å². The fraction of sp³-hybridized carbons (Fsp3) is 0.305. The van der Waals surface area contributed by atoms with Gasteiger partial charge in [-0.3, -0.25) is 9.80 Å². The number of carbonyl (C=O) groups is 1. The maximum atomic E-state index is 16.3. The molecule has 2 amide bonds. The molecule has 65 heavy (non-hydrogen) atoms. The number of benzene rings is 7. The maximum Gasteiger partial charge on any atom is 0.338 e. The number of hydrogen-bond donors (Lipinski definition) is 0. The first kappa shape index (κ1) is 41.7. The summed E-state index contributed by atoms with van der Waals surface area (Å²) in [6.45, 7) is 32.0. The Balaban J connectivity index is 1.30. The lowest BCUT2D eigenvalue weighted by Gasteiger charge is -2.47. The van der Waals surface area contributed by atoms with Crippen LogP contribution < -0.4 is 42.6 Å². The van der Waals surface area contributed by atoms with E-state index in [0.29, 0.717) is 0 Å². The average Bonchev–Trinajstić information content (AvgIpc) is 3.62. The molecular formula is C59H60B2N2O2. The quantitative estimate of drug-likeness (QED) is 0.163. The van der Waals surface area contributed by atoms with E-state index < -0.39 is 0 Å². The molecule has 6 heteroatoms. The first-order valence-electron chi connectivity index (χ1n) is 23.6. The minimum absolute atomic E-state index is 0.0548. The second-order valence-corrected chi connectivity index (χ2v) is 23.5. The first-order chi connectivity index (χ1) is 30.5. The zero-order valence-corrected chi connectivity index (χ0v) is 40.8. The smallest absolute Gasteiger partial charge is 0.338 e. The van der Waals surface area contributed by atoms with Crippen molar-refractivity contribution in [2.24, 2.45) is 0 Å². The molecule has 0 saturated heterocycles. The van der Waals surface area contributed by atoms with Crippen LogP contribution in [0.25, 0.3) is 32.7 Å². The summed E-state index contributed by atoms with van der Waals surface area (Å²) in [6, 6.07) is 40.7. The molecule has 1 aromatic heterocycles. The Morgan fingerprint density at radius 2 is 0.954 bits per heavy atom. The molecule has 4 nitrogen and oxygen atoms in total. The lowest BCUT2D eigenvalue weighted by Crippen LogP contribution is -2.65. The second kappa shape index (κ2) is 13.5. The standard InChI is InChI=1S/C59H60B2N2O2/c1-33-25-35-26-34(2)50-53-48(35)52-49(33)60(40-29-36(56(3,4)5)27-37(30-40)57(6,7)8)44-20-16-17-21-45(44)62(52)55(64)63(53)46-24-23-43-42-19-15-18-22-47(42)65-54(43)51(46)61(50)41-31-38(58(9,10)11)28-39(32-41)59(12,13)14/h15-32H,1-14H3. The van der Waals surface area contributed by atoms with Crippen molar-refractivity contribution in [1.29, 1.82) is 0 Å². The molecule has 8 aromatic rings. The highest BCUT2D eigenvalue weighted by atomic mass is 16.3. The molecular weight excluding hydrogens is 790 g/mol. The lowest BCUT2D eigenvalue weighted by molar-refractivity contribution is 0.255. The van der Waals surface area contributed by atoms with Gasteiger partial charge in [-0.05, 0) is 109 Å². The van der Waals surface area contributed by atoms with E-state index in [9.17, 15) is 0 Å². The highest BCUT2D eigenvalue weighted by Crippen LogP contribution is 2.49. The van der Waals surface area contributed by atoms with Crippen LogP contribution in [-0.4, -0.2) is 19.5 Å². The van der Waals surface area contributed by atoms with E-state index in [1.54, 1.807) is 0 Å². The molecule has 0 unspecified atom stereocenters. The third-order valence-corrected chi connectivity index (χ3v) is 14.9. The van der Waals surface area contributed by atoms with Gasteiger partial charge in [0, 0.05) is 27.5 Å². The largest absolute Gasteiger partial charge is 0.457 e. The van der Waals surface area contributed by atoms with Crippen LogP contribution in [-0.2, 0) is 21.7 Å². The summed E-state index contributed by atoms with van der Waals surface area (Å²) in [6.07, 6.45) is 0. The zero-order valence-electron chi connectivity index (χ0n) is 40.8. The van der Waals surface area contributed by atoms with E-state index in [0.717, 1.165) is 66.4 Å². The normalized spacial score (nSPS) is 14.8. The van der Waals surface area contributed by atoms with Crippen molar-refractivity contribution in [2.45, 2.75) is 119 Å². The van der Waals surface area contributed by atoms with Crippen molar-refractivity contribution < 1.29 is 9.21 Å². The van der Waals surface area contributed by atoms with E-state index in [1.165, 1.54) is 55.2 Å². The highest BCUT2D eigenvalue weighted by Gasteiger charge is 2.50. The number of para-hydroxylation sites is 2. The van der Waals surface area contributed by atoms with Gasteiger partial charge in [-0.1, -0.05) is 190 Å². The van der Waals surface area contributed by atoms with Crippen LogP contribution in [0.5, 0.6) is 0 Å². The van der Waals surface area contributed by atoms with Crippen LogP contribution >= 0.6 is 0 Å². The van der Waals surface area contributed by atoms with Crippen LogP contribution in [0.2, 0.25) is 0 Å². The molecule has 324 valence electrons. The van der Waals surface area contributed by atoms with E-state index in [2.05, 4.69) is 210 Å². The number of furan rings is 1. The van der Waals surface area contributed by atoms with Crippen LogP contribution in [0.3, 0.4) is 0 Å². The molecule has 0 bridgehead atoms. The minimum Gasteiger partial charge on any atom is -0.457 e. The van der Waals surface area contributed by atoms with E-state index in [1.807, 2.05) is 6.07 Å². The predicted octanol–water partition coefficient (Wildman–Crippen LogP) is 11.6. The zero-order chi connectivity index (χ0) is 46.0. The molecule has 0 atom stereocenters. The third-order valence-electron chi connectivity index (χ3n) is 14.9. The highest BCUT2D eigenvalue weighted by molar-refractivity contribution is 7.01. The average molecular weight is 851 g/mol. The Kier molecular flexibility index (Phi) is 8.68. The van der Waals surface area contributed by atoms with Gasteiger partial charge < -0.3 is 4.42 Å². The molecule has 4 heterocycles. The molecule has 11 rings (SSSR count). The van der Waals surface area contributed by atoms with Gasteiger partial charge in [0.05, 0.1) is 11.4 Å². The summed E-state index contributed by atoms with van der Waals surface area (Å²) in [4.78, 5) is 20.4. The van der Waals surface area contributed by atoms with E-state index in [-0.39, 0.29) is 41.1 Å². The Morgan fingerprint density at radius 3 is 1.51 bits per heavy atom. The van der Waals surface area contributed by atoms with Crippen molar-refractivity contribution in [3.05, 3.63) is 143 Å². The molecule has 7 aromatic carbocycles. The van der Waals surface area contributed by atoms with Crippen LogP contribution in [0.1, 0.15) is 116 Å². The summed E-state index contributed by atoms with van der Waals surface area (Å²) in [5.41, 5.74) is 19.9. The molecule has 3 aliphatic rings. The number of carbonyl (C=O) groups excluding carboxylic acids is 1. The van der Waals surface area contributed by atoms with Gasteiger partial charge >= 0.3 is 6.03 Å². The summed E-state index contributed by atoms with van der Waals surface area (Å²) in [5.74, 6) is 0. The molecule has 0 N–H and O–H groups in total. The molecule has 0 spiro atoms. The monoisotopic (exact) mass is 850 g/mol. The van der Waals surface area contributed by atoms with Gasteiger partial charge in [0.2, 0.25) is 6.71 Å². The first-order valence-corrected chi connectivity index (χ1v) is 23.6. The van der Waals surface area contributed by atoms with E-state index >= 15 is 4.79 Å². The van der Waals surface area contributed by atoms with Gasteiger partial charge in [-0.25, -0.2) is 4.79 Å². The van der Waals surface area contributed by atoms with Gasteiger partial charge in [-0.2, -0.15) is 0 Å². The third kappa shape index (κ3) is 6.08. The summed E-state index contributed by atoms with van der Waals surface area (Å²) >= 11 is 0. The Hall–Kier alpha value is -6.00. The predicted molar refractivity (Wildman–Crippen MR) is 280 cm³/mol. The Morgan fingerprint density at radius 1 is 0.477 bits per heavy atom. The van der Waals surface area contributed by atoms with Crippen molar-refractivity contribution in [3.63, 3.8) is 0 Å². The SMILES string of the molecule is Cc1cc2cc(C)c3c4c2c2c1B(c1cc(C(C)(C)C)cc(C(C)(C)C)c1)c1ccccc1N2C(=O)N4c1ccc2c(oc4ccccc42)c1B3c1cc(C(C)(C)C)cc(C(C)(C)C)c1. The molecule has 0 aliphatic carbocycles. The number of fused-ring (bicyclic) bond motifs is 8. The molecule has 3 aliphatic heterocycles. The number of hydrogen-bond acceptors (Lipinski definition) is 2. The number of rotatable bonds is 2.